The molecule has 0 aromatic heterocycles. The average Bonchev–Trinajstić information content (AvgIpc) is 2.44. The number of hydrazine groups is 1. The highest BCUT2D eigenvalue weighted by Crippen LogP contribution is 2.25. The standard InChI is InChI=1S/C13H17BrN2O4/c1-3-19-8-12(17)15-16-13(18)9-5-6-11(20-4-2)10(14)7-9/h5-7H,3-4,8H2,1-2H3,(H,15,17)(H,16,18). The van der Waals surface area contributed by atoms with Crippen LogP contribution in [0.4, 0.5) is 0 Å². The summed E-state index contributed by atoms with van der Waals surface area (Å²) >= 11 is 3.32. The first-order valence-corrected chi connectivity index (χ1v) is 6.97. The quantitative estimate of drug-likeness (QED) is 0.769. The molecule has 0 unspecified atom stereocenters. The SMILES string of the molecule is CCOCC(=O)NNC(=O)c1ccc(OCC)c(Br)c1. The van der Waals surface area contributed by atoms with Crippen molar-refractivity contribution >= 4 is 27.7 Å². The summed E-state index contributed by atoms with van der Waals surface area (Å²) in [4.78, 5) is 23.1. The van der Waals surface area contributed by atoms with Crippen LogP contribution in [0.15, 0.2) is 22.7 Å². The van der Waals surface area contributed by atoms with Crippen LogP contribution >= 0.6 is 15.9 Å². The van der Waals surface area contributed by atoms with Gasteiger partial charge < -0.3 is 9.47 Å². The molecule has 0 aliphatic carbocycles. The molecule has 0 fully saturated rings. The van der Waals surface area contributed by atoms with E-state index in [1.807, 2.05) is 6.92 Å². The number of carbonyl (C=O) groups excluding carboxylic acids is 2. The van der Waals surface area contributed by atoms with Gasteiger partial charge >= 0.3 is 0 Å². The van der Waals surface area contributed by atoms with Crippen LogP contribution in [0.2, 0.25) is 0 Å². The minimum atomic E-state index is -0.418. The molecule has 2 amide bonds. The highest BCUT2D eigenvalue weighted by atomic mass is 79.9. The predicted molar refractivity (Wildman–Crippen MR) is 77.4 cm³/mol. The van der Waals surface area contributed by atoms with Gasteiger partial charge in [-0.2, -0.15) is 0 Å². The largest absolute Gasteiger partial charge is 0.493 e. The smallest absolute Gasteiger partial charge is 0.269 e. The molecule has 0 saturated heterocycles. The Kier molecular flexibility index (Phi) is 7.03. The maximum absolute atomic E-state index is 11.8. The van der Waals surface area contributed by atoms with Gasteiger partial charge in [-0.3, -0.25) is 20.4 Å². The number of hydrogen-bond acceptors (Lipinski definition) is 4. The van der Waals surface area contributed by atoms with Crippen LogP contribution in [-0.4, -0.2) is 31.6 Å². The van der Waals surface area contributed by atoms with E-state index in [0.717, 1.165) is 0 Å². The van der Waals surface area contributed by atoms with Gasteiger partial charge in [0, 0.05) is 12.2 Å². The summed E-state index contributed by atoms with van der Waals surface area (Å²) in [5.74, 6) is -0.173. The van der Waals surface area contributed by atoms with Crippen LogP contribution < -0.4 is 15.6 Å². The summed E-state index contributed by atoms with van der Waals surface area (Å²) in [7, 11) is 0. The lowest BCUT2D eigenvalue weighted by molar-refractivity contribution is -0.126. The van der Waals surface area contributed by atoms with Crippen LogP contribution in [0.1, 0.15) is 24.2 Å². The number of ether oxygens (including phenoxy) is 2. The zero-order chi connectivity index (χ0) is 15.0. The van der Waals surface area contributed by atoms with E-state index in [1.165, 1.54) is 0 Å². The van der Waals surface area contributed by atoms with Crippen LogP contribution in [-0.2, 0) is 9.53 Å². The fourth-order valence-electron chi connectivity index (χ4n) is 1.34. The molecular weight excluding hydrogens is 328 g/mol. The highest BCUT2D eigenvalue weighted by molar-refractivity contribution is 9.10. The normalized spacial score (nSPS) is 9.95. The van der Waals surface area contributed by atoms with Crippen molar-refractivity contribution in [3.05, 3.63) is 28.2 Å². The molecule has 1 aromatic carbocycles. The first-order chi connectivity index (χ1) is 9.58. The molecule has 0 spiro atoms. The second-order valence-electron chi connectivity index (χ2n) is 3.72. The molecule has 110 valence electrons. The van der Waals surface area contributed by atoms with Gasteiger partial charge in [0.1, 0.15) is 12.4 Å². The van der Waals surface area contributed by atoms with Gasteiger partial charge in [0.25, 0.3) is 11.8 Å². The van der Waals surface area contributed by atoms with Gasteiger partial charge in [-0.25, -0.2) is 0 Å². The van der Waals surface area contributed by atoms with Gasteiger partial charge in [-0.1, -0.05) is 0 Å². The Bertz CT molecular complexity index is 479. The molecule has 0 atom stereocenters. The summed E-state index contributed by atoms with van der Waals surface area (Å²) in [5, 5.41) is 0. The van der Waals surface area contributed by atoms with Crippen molar-refractivity contribution in [2.24, 2.45) is 0 Å². The molecule has 2 N–H and O–H groups in total. The fraction of sp³-hybridized carbons (Fsp3) is 0.385. The van der Waals surface area contributed by atoms with Crippen LogP contribution in [0.25, 0.3) is 0 Å². The predicted octanol–water partition coefficient (Wildman–Crippen LogP) is 1.65. The lowest BCUT2D eigenvalue weighted by Gasteiger charge is -2.09. The molecule has 0 radical (unpaired) electrons. The van der Waals surface area contributed by atoms with Gasteiger partial charge in [0.15, 0.2) is 0 Å². The maximum Gasteiger partial charge on any atom is 0.269 e. The number of benzene rings is 1. The van der Waals surface area contributed by atoms with Gasteiger partial charge in [-0.15, -0.1) is 0 Å². The average molecular weight is 345 g/mol. The zero-order valence-electron chi connectivity index (χ0n) is 11.4. The Morgan fingerprint density at radius 1 is 1.20 bits per heavy atom. The number of hydrogen-bond donors (Lipinski definition) is 2. The Hall–Kier alpha value is -1.60. The molecule has 0 heterocycles. The molecule has 1 aromatic rings. The Balaban J connectivity index is 2.55. The molecular formula is C13H17BrN2O4. The minimum absolute atomic E-state index is 0.0935. The van der Waals surface area contributed by atoms with E-state index in [2.05, 4.69) is 26.8 Å². The molecule has 20 heavy (non-hydrogen) atoms. The summed E-state index contributed by atoms with van der Waals surface area (Å²) in [6.07, 6.45) is 0. The topological polar surface area (TPSA) is 76.7 Å². The first-order valence-electron chi connectivity index (χ1n) is 6.17. The summed E-state index contributed by atoms with van der Waals surface area (Å²) in [5.41, 5.74) is 4.97. The highest BCUT2D eigenvalue weighted by Gasteiger charge is 2.10. The number of nitrogens with one attached hydrogen (secondary N) is 2. The monoisotopic (exact) mass is 344 g/mol. The van der Waals surface area contributed by atoms with E-state index in [1.54, 1.807) is 25.1 Å². The molecule has 1 rings (SSSR count). The Labute approximate surface area is 125 Å². The van der Waals surface area contributed by atoms with Crippen molar-refractivity contribution < 1.29 is 19.1 Å². The molecule has 0 bridgehead atoms. The Morgan fingerprint density at radius 3 is 2.55 bits per heavy atom. The number of halogens is 1. The van der Waals surface area contributed by atoms with Gasteiger partial charge in [0.05, 0.1) is 11.1 Å². The van der Waals surface area contributed by atoms with Crippen molar-refractivity contribution in [2.75, 3.05) is 19.8 Å². The van der Waals surface area contributed by atoms with Gasteiger partial charge in [-0.05, 0) is 48.0 Å². The summed E-state index contributed by atoms with van der Waals surface area (Å²) in [6.45, 7) is 4.54. The third-order valence-electron chi connectivity index (χ3n) is 2.25. The lowest BCUT2D eigenvalue weighted by Crippen LogP contribution is -2.43. The molecule has 6 nitrogen and oxygen atoms in total. The fourth-order valence-corrected chi connectivity index (χ4v) is 1.84. The van der Waals surface area contributed by atoms with Crippen molar-refractivity contribution in [1.29, 1.82) is 0 Å². The second-order valence-corrected chi connectivity index (χ2v) is 4.57. The number of rotatable bonds is 6. The maximum atomic E-state index is 11.8. The van der Waals surface area contributed by atoms with E-state index in [0.29, 0.717) is 29.0 Å². The summed E-state index contributed by atoms with van der Waals surface area (Å²) in [6, 6.07) is 4.92. The number of carbonyl (C=O) groups is 2. The zero-order valence-corrected chi connectivity index (χ0v) is 13.0. The van der Waals surface area contributed by atoms with E-state index in [4.69, 9.17) is 9.47 Å². The third kappa shape index (κ3) is 5.18. The van der Waals surface area contributed by atoms with E-state index < -0.39 is 11.8 Å². The lowest BCUT2D eigenvalue weighted by atomic mass is 10.2. The third-order valence-corrected chi connectivity index (χ3v) is 2.87. The molecule has 0 aliphatic rings. The van der Waals surface area contributed by atoms with Gasteiger partial charge in [0.2, 0.25) is 0 Å². The van der Waals surface area contributed by atoms with Crippen LogP contribution in [0.3, 0.4) is 0 Å². The molecule has 7 heteroatoms. The van der Waals surface area contributed by atoms with Crippen molar-refractivity contribution in [2.45, 2.75) is 13.8 Å². The van der Waals surface area contributed by atoms with E-state index in [9.17, 15) is 9.59 Å². The molecule has 0 saturated carbocycles. The Morgan fingerprint density at radius 2 is 1.95 bits per heavy atom. The van der Waals surface area contributed by atoms with E-state index >= 15 is 0 Å². The van der Waals surface area contributed by atoms with Crippen LogP contribution in [0, 0.1) is 0 Å². The van der Waals surface area contributed by atoms with Crippen molar-refractivity contribution in [3.8, 4) is 5.75 Å². The second kappa shape index (κ2) is 8.55. The van der Waals surface area contributed by atoms with E-state index in [-0.39, 0.29) is 6.61 Å². The van der Waals surface area contributed by atoms with Crippen LogP contribution in [0.5, 0.6) is 5.75 Å². The van der Waals surface area contributed by atoms with Crippen molar-refractivity contribution in [1.82, 2.24) is 10.9 Å². The minimum Gasteiger partial charge on any atom is -0.493 e. The molecule has 0 aliphatic heterocycles. The van der Waals surface area contributed by atoms with Crippen molar-refractivity contribution in [3.63, 3.8) is 0 Å². The summed E-state index contributed by atoms with van der Waals surface area (Å²) < 4.78 is 10.9. The first kappa shape index (κ1) is 16.5. The number of amides is 2.